The van der Waals surface area contributed by atoms with Crippen LogP contribution < -0.4 is 0 Å². The van der Waals surface area contributed by atoms with Gasteiger partial charge in [-0.05, 0) is 5.56 Å². The van der Waals surface area contributed by atoms with Crippen LogP contribution in [0.5, 0.6) is 0 Å². The highest BCUT2D eigenvalue weighted by atomic mass is 35.5. The van der Waals surface area contributed by atoms with Crippen LogP contribution in [0.2, 0.25) is 0 Å². The first-order valence-corrected chi connectivity index (χ1v) is 5.12. The Kier molecular flexibility index (Phi) is 4.22. The zero-order valence-corrected chi connectivity index (χ0v) is 9.57. The summed E-state index contributed by atoms with van der Waals surface area (Å²) in [4.78, 5) is 31.5. The Labute approximate surface area is 106 Å². The van der Waals surface area contributed by atoms with E-state index >= 15 is 0 Å². The van der Waals surface area contributed by atoms with Gasteiger partial charge in [-0.1, -0.05) is 12.1 Å². The smallest absolute Gasteiger partial charge is 0.322 e. The number of carboxylic acids is 2. The lowest BCUT2D eigenvalue weighted by atomic mass is 9.95. The van der Waals surface area contributed by atoms with E-state index in [1.165, 1.54) is 12.1 Å². The van der Waals surface area contributed by atoms with Gasteiger partial charge in [0.2, 0.25) is 0 Å². The summed E-state index contributed by atoms with van der Waals surface area (Å²) in [6.07, 6.45) is 0. The van der Waals surface area contributed by atoms with Crippen molar-refractivity contribution in [3.63, 3.8) is 0 Å². The SMILES string of the molecule is O=C(O)[C@H](Cl)[C@@H](C(=O)O)c1ccc([N+](=O)[O-])cc1. The van der Waals surface area contributed by atoms with Crippen molar-refractivity contribution in [2.75, 3.05) is 0 Å². The van der Waals surface area contributed by atoms with Crippen LogP contribution >= 0.6 is 11.6 Å². The molecule has 1 rings (SSSR count). The largest absolute Gasteiger partial charge is 0.481 e. The number of benzene rings is 1. The monoisotopic (exact) mass is 273 g/mol. The number of hydrogen-bond donors (Lipinski definition) is 2. The van der Waals surface area contributed by atoms with E-state index in [0.29, 0.717) is 0 Å². The molecule has 96 valence electrons. The number of nitro benzene ring substituents is 1. The summed E-state index contributed by atoms with van der Waals surface area (Å²) in [7, 11) is 0. The van der Waals surface area contributed by atoms with E-state index in [0.717, 1.165) is 12.1 Å². The summed E-state index contributed by atoms with van der Waals surface area (Å²) < 4.78 is 0. The van der Waals surface area contributed by atoms with Crippen LogP contribution in [0.1, 0.15) is 11.5 Å². The molecule has 1 aromatic carbocycles. The predicted molar refractivity (Wildman–Crippen MR) is 60.8 cm³/mol. The highest BCUT2D eigenvalue weighted by Crippen LogP contribution is 2.26. The summed E-state index contributed by atoms with van der Waals surface area (Å²) in [6, 6.07) is 4.54. The van der Waals surface area contributed by atoms with Crippen LogP contribution in [0.3, 0.4) is 0 Å². The van der Waals surface area contributed by atoms with Gasteiger partial charge in [0.25, 0.3) is 5.69 Å². The molecule has 0 fully saturated rings. The molecule has 0 saturated carbocycles. The normalized spacial score (nSPS) is 13.6. The molecule has 1 aromatic rings. The number of non-ortho nitro benzene ring substituents is 1. The number of carboxylic acid groups (broad SMARTS) is 2. The van der Waals surface area contributed by atoms with Gasteiger partial charge in [0.05, 0.1) is 4.92 Å². The van der Waals surface area contributed by atoms with Crippen LogP contribution in [0.15, 0.2) is 24.3 Å². The molecule has 0 unspecified atom stereocenters. The Balaban J connectivity index is 3.11. The zero-order chi connectivity index (χ0) is 13.9. The average Bonchev–Trinajstić information content (AvgIpc) is 2.29. The highest BCUT2D eigenvalue weighted by Gasteiger charge is 2.33. The minimum absolute atomic E-state index is 0.0931. The summed E-state index contributed by atoms with van der Waals surface area (Å²) in [5.41, 5.74) is -0.125. The number of alkyl halides is 1. The van der Waals surface area contributed by atoms with E-state index in [-0.39, 0.29) is 11.3 Å². The van der Waals surface area contributed by atoms with Crippen LogP contribution in [-0.4, -0.2) is 32.5 Å². The van der Waals surface area contributed by atoms with Crippen LogP contribution in [-0.2, 0) is 9.59 Å². The van der Waals surface area contributed by atoms with Gasteiger partial charge < -0.3 is 10.2 Å². The molecule has 0 aliphatic carbocycles. The third-order valence-corrected chi connectivity index (χ3v) is 2.70. The van der Waals surface area contributed by atoms with Crippen molar-refractivity contribution in [2.45, 2.75) is 11.3 Å². The maximum absolute atomic E-state index is 11.0. The second kappa shape index (κ2) is 5.46. The molecule has 0 aliphatic rings. The van der Waals surface area contributed by atoms with Crippen molar-refractivity contribution < 1.29 is 24.7 Å². The van der Waals surface area contributed by atoms with Crippen LogP contribution in [0, 0.1) is 10.1 Å². The van der Waals surface area contributed by atoms with Crippen molar-refractivity contribution in [3.8, 4) is 0 Å². The van der Waals surface area contributed by atoms with Crippen LogP contribution in [0.4, 0.5) is 5.69 Å². The van der Waals surface area contributed by atoms with Crippen molar-refractivity contribution in [1.29, 1.82) is 0 Å². The molecular formula is C10H8ClNO6. The van der Waals surface area contributed by atoms with Gasteiger partial charge in [0, 0.05) is 12.1 Å². The van der Waals surface area contributed by atoms with Gasteiger partial charge in [-0.15, -0.1) is 11.6 Å². The van der Waals surface area contributed by atoms with Gasteiger partial charge in [0.1, 0.15) is 11.3 Å². The molecule has 2 atom stereocenters. The van der Waals surface area contributed by atoms with E-state index in [4.69, 9.17) is 21.8 Å². The maximum atomic E-state index is 11.0. The van der Waals surface area contributed by atoms with Gasteiger partial charge in [-0.2, -0.15) is 0 Å². The lowest BCUT2D eigenvalue weighted by molar-refractivity contribution is -0.384. The van der Waals surface area contributed by atoms with E-state index in [1.54, 1.807) is 0 Å². The topological polar surface area (TPSA) is 118 Å². The molecule has 0 bridgehead atoms. The highest BCUT2D eigenvalue weighted by molar-refractivity contribution is 6.31. The fourth-order valence-corrected chi connectivity index (χ4v) is 1.64. The molecule has 0 amide bonds. The molecule has 0 radical (unpaired) electrons. The molecule has 2 N–H and O–H groups in total. The quantitative estimate of drug-likeness (QED) is 0.476. The lowest BCUT2D eigenvalue weighted by Crippen LogP contribution is -2.28. The molecule has 0 heterocycles. The number of aliphatic carboxylic acids is 2. The maximum Gasteiger partial charge on any atom is 0.322 e. The first kappa shape index (κ1) is 13.9. The van der Waals surface area contributed by atoms with E-state index < -0.39 is 28.2 Å². The zero-order valence-electron chi connectivity index (χ0n) is 8.82. The van der Waals surface area contributed by atoms with E-state index in [9.17, 15) is 19.7 Å². The van der Waals surface area contributed by atoms with Gasteiger partial charge in [-0.3, -0.25) is 19.7 Å². The standard InChI is InChI=1S/C10H8ClNO6/c11-8(10(15)16)7(9(13)14)5-1-3-6(4-2-5)12(17)18/h1-4,7-8H,(H,13,14)(H,15,16)/t7-,8+/m0/s1. The third-order valence-electron chi connectivity index (χ3n) is 2.26. The fourth-order valence-electron chi connectivity index (χ4n) is 1.38. The second-order valence-electron chi connectivity index (χ2n) is 3.40. The lowest BCUT2D eigenvalue weighted by Gasteiger charge is -2.14. The predicted octanol–water partition coefficient (Wildman–Crippen LogP) is 1.46. The van der Waals surface area contributed by atoms with Crippen molar-refractivity contribution in [3.05, 3.63) is 39.9 Å². The summed E-state index contributed by atoms with van der Waals surface area (Å²) in [5.74, 6) is -4.35. The first-order chi connectivity index (χ1) is 8.34. The molecule has 0 saturated heterocycles. The summed E-state index contributed by atoms with van der Waals surface area (Å²) in [6.45, 7) is 0. The second-order valence-corrected chi connectivity index (χ2v) is 3.87. The molecule has 0 aromatic heterocycles. The number of nitro groups is 1. The molecule has 0 aliphatic heterocycles. The summed E-state index contributed by atoms with van der Waals surface area (Å²) in [5, 5.41) is 26.4. The first-order valence-electron chi connectivity index (χ1n) is 4.68. The molecule has 0 spiro atoms. The number of carbonyl (C=O) groups is 2. The van der Waals surface area contributed by atoms with Gasteiger partial charge in [-0.25, -0.2) is 0 Å². The molecular weight excluding hydrogens is 266 g/mol. The van der Waals surface area contributed by atoms with E-state index in [2.05, 4.69) is 0 Å². The van der Waals surface area contributed by atoms with Crippen molar-refractivity contribution in [2.24, 2.45) is 0 Å². The Morgan fingerprint density at radius 1 is 1.17 bits per heavy atom. The fraction of sp³-hybridized carbons (Fsp3) is 0.200. The number of halogens is 1. The Morgan fingerprint density at radius 3 is 2.00 bits per heavy atom. The third kappa shape index (κ3) is 2.95. The Hall–Kier alpha value is -2.15. The number of hydrogen-bond acceptors (Lipinski definition) is 4. The Bertz CT molecular complexity index is 486. The molecule has 8 heteroatoms. The average molecular weight is 274 g/mol. The minimum atomic E-state index is -1.65. The van der Waals surface area contributed by atoms with E-state index in [1.807, 2.05) is 0 Å². The molecule has 7 nitrogen and oxygen atoms in total. The van der Waals surface area contributed by atoms with Crippen molar-refractivity contribution >= 4 is 29.2 Å². The molecule has 18 heavy (non-hydrogen) atoms. The number of nitrogens with zero attached hydrogens (tertiary/aromatic N) is 1. The van der Waals surface area contributed by atoms with Crippen LogP contribution in [0.25, 0.3) is 0 Å². The van der Waals surface area contributed by atoms with Crippen molar-refractivity contribution in [1.82, 2.24) is 0 Å². The minimum Gasteiger partial charge on any atom is -0.481 e. The van der Waals surface area contributed by atoms with Gasteiger partial charge in [0.15, 0.2) is 0 Å². The summed E-state index contributed by atoms with van der Waals surface area (Å²) >= 11 is 5.50. The number of rotatable bonds is 5. The Morgan fingerprint density at radius 2 is 1.67 bits per heavy atom. The van der Waals surface area contributed by atoms with Gasteiger partial charge >= 0.3 is 11.9 Å².